The summed E-state index contributed by atoms with van der Waals surface area (Å²) < 4.78 is 0. The van der Waals surface area contributed by atoms with E-state index in [1.54, 1.807) is 0 Å². The average Bonchev–Trinajstić information content (AvgIpc) is 1.90. The van der Waals surface area contributed by atoms with Gasteiger partial charge in [0.15, 0.2) is 0 Å². The van der Waals surface area contributed by atoms with Crippen molar-refractivity contribution in [3.63, 3.8) is 0 Å². The summed E-state index contributed by atoms with van der Waals surface area (Å²) in [6, 6.07) is 0. The minimum atomic E-state index is -1.08. The number of carbonyl (C=O) groups is 1. The fourth-order valence-corrected chi connectivity index (χ4v) is 2.01. The summed E-state index contributed by atoms with van der Waals surface area (Å²) in [5.41, 5.74) is 0. The molecule has 0 N–H and O–H groups in total. The first-order chi connectivity index (χ1) is 5.08. The van der Waals surface area contributed by atoms with Crippen LogP contribution < -0.4 is 5.11 Å². The molecule has 0 aromatic carbocycles. The molecule has 0 aliphatic rings. The number of aliphatic carboxylic acids is 1. The van der Waals surface area contributed by atoms with Crippen LogP contribution in [0.5, 0.6) is 0 Å². The fraction of sp³-hybridized carbons (Fsp3) is 0.875. The molecule has 0 fully saturated rings. The Kier molecular flexibility index (Phi) is 21.0. The normalized spacial score (nSPS) is 8.08. The standard InChI is InChI=1S/C6H15P.C2H4O2.H3P/c1-4-7(5-2)6-3;1-2(3)4;/h4-6H2,1-3H3;1H3,(H,3,4);1H3. The predicted molar refractivity (Wildman–Crippen MR) is 61.7 cm³/mol. The van der Waals surface area contributed by atoms with Crippen LogP contribution in [0.4, 0.5) is 0 Å². The number of hydrogen-bond donors (Lipinski definition) is 0. The lowest BCUT2D eigenvalue weighted by molar-refractivity contribution is -0.302. The molecule has 0 amide bonds. The first kappa shape index (κ1) is 18.2. The van der Waals surface area contributed by atoms with Crippen molar-refractivity contribution < 1.29 is 9.90 Å². The van der Waals surface area contributed by atoms with Gasteiger partial charge in [0.1, 0.15) is 0 Å². The van der Waals surface area contributed by atoms with Gasteiger partial charge < -0.3 is 9.90 Å². The lowest BCUT2D eigenvalue weighted by Gasteiger charge is -2.07. The lowest BCUT2D eigenvalue weighted by Crippen LogP contribution is -2.16. The van der Waals surface area contributed by atoms with Gasteiger partial charge in [-0.25, -0.2) is 0 Å². The van der Waals surface area contributed by atoms with Crippen molar-refractivity contribution >= 4 is 23.8 Å². The lowest BCUT2D eigenvalue weighted by atomic mass is 10.9. The number of carboxylic acids is 1. The highest BCUT2D eigenvalue weighted by Gasteiger charge is 1.94. The van der Waals surface area contributed by atoms with Crippen LogP contribution in [0.3, 0.4) is 0 Å². The van der Waals surface area contributed by atoms with E-state index < -0.39 is 5.97 Å². The third kappa shape index (κ3) is 22.4. The van der Waals surface area contributed by atoms with E-state index in [2.05, 4.69) is 20.8 Å². The minimum Gasteiger partial charge on any atom is -0.550 e. The highest BCUT2D eigenvalue weighted by molar-refractivity contribution is 7.57. The molecule has 12 heavy (non-hydrogen) atoms. The van der Waals surface area contributed by atoms with Crippen LogP contribution in [-0.2, 0) is 4.79 Å². The molecule has 0 bridgehead atoms. The molecule has 76 valence electrons. The summed E-state index contributed by atoms with van der Waals surface area (Å²) in [5, 5.41) is 8.89. The summed E-state index contributed by atoms with van der Waals surface area (Å²) in [6.45, 7) is 7.84. The van der Waals surface area contributed by atoms with E-state index in [9.17, 15) is 0 Å². The van der Waals surface area contributed by atoms with Gasteiger partial charge in [-0.1, -0.05) is 20.8 Å². The molecular formula is C8H22O2P2. The van der Waals surface area contributed by atoms with Crippen LogP contribution in [-0.4, -0.2) is 24.5 Å². The van der Waals surface area contributed by atoms with Crippen molar-refractivity contribution in [3.05, 3.63) is 0 Å². The summed E-state index contributed by atoms with van der Waals surface area (Å²) in [5.74, 6) is -1.08. The van der Waals surface area contributed by atoms with E-state index in [-0.39, 0.29) is 9.90 Å². The molecule has 0 aromatic rings. The van der Waals surface area contributed by atoms with Crippen LogP contribution in [0.1, 0.15) is 27.7 Å². The maximum absolute atomic E-state index is 8.89. The number of carbonyl (C=O) groups excluding carboxylic acids is 1. The van der Waals surface area contributed by atoms with E-state index in [0.29, 0.717) is 7.92 Å². The Balaban J connectivity index is -0.000000142. The molecule has 1 unspecified atom stereocenters. The molecule has 0 aliphatic heterocycles. The van der Waals surface area contributed by atoms with Crippen molar-refractivity contribution in [2.45, 2.75) is 27.7 Å². The highest BCUT2D eigenvalue weighted by atomic mass is 31.1. The number of rotatable bonds is 3. The number of carboxylic acid groups (broad SMARTS) is 1. The molecule has 0 aliphatic carbocycles. The van der Waals surface area contributed by atoms with E-state index >= 15 is 0 Å². The highest BCUT2D eigenvalue weighted by Crippen LogP contribution is 2.32. The summed E-state index contributed by atoms with van der Waals surface area (Å²) in [7, 11) is 0.446. The number of hydrogen-bond acceptors (Lipinski definition) is 2. The molecule has 0 saturated heterocycles. The second-order valence-electron chi connectivity index (χ2n) is 2.11. The summed E-state index contributed by atoms with van der Waals surface area (Å²) in [6.07, 6.45) is 4.26. The van der Waals surface area contributed by atoms with Crippen molar-refractivity contribution in [3.8, 4) is 0 Å². The van der Waals surface area contributed by atoms with Crippen LogP contribution in [0, 0.1) is 0 Å². The van der Waals surface area contributed by atoms with E-state index in [0.717, 1.165) is 6.92 Å². The van der Waals surface area contributed by atoms with Crippen LogP contribution >= 0.6 is 17.8 Å². The van der Waals surface area contributed by atoms with Gasteiger partial charge in [-0.05, 0) is 35.3 Å². The maximum atomic E-state index is 8.89. The van der Waals surface area contributed by atoms with Crippen LogP contribution in [0.25, 0.3) is 0 Å². The molecular weight excluding hydrogens is 190 g/mol. The Morgan fingerprint density at radius 3 is 1.33 bits per heavy atom. The van der Waals surface area contributed by atoms with Crippen LogP contribution in [0.15, 0.2) is 0 Å². The Morgan fingerprint density at radius 1 is 1.17 bits per heavy atom. The van der Waals surface area contributed by atoms with Crippen molar-refractivity contribution in [2.75, 3.05) is 18.5 Å². The molecule has 0 saturated carbocycles. The summed E-state index contributed by atoms with van der Waals surface area (Å²) in [4.78, 5) is 8.89. The van der Waals surface area contributed by atoms with Gasteiger partial charge >= 0.3 is 0 Å². The average molecular weight is 212 g/mol. The van der Waals surface area contributed by atoms with Gasteiger partial charge in [-0.15, -0.1) is 7.92 Å². The first-order valence-electron chi connectivity index (χ1n) is 3.98. The zero-order valence-electron chi connectivity index (χ0n) is 8.89. The largest absolute Gasteiger partial charge is 0.550 e. The van der Waals surface area contributed by atoms with Crippen molar-refractivity contribution in [1.82, 2.24) is 0 Å². The SMILES string of the molecule is CC(=O)[O-].CCP(CC)CC.[PH4+]. The van der Waals surface area contributed by atoms with Gasteiger partial charge in [-0.3, -0.25) is 0 Å². The molecule has 2 nitrogen and oxygen atoms in total. The molecule has 0 aromatic heterocycles. The second kappa shape index (κ2) is 13.9. The molecule has 0 heterocycles. The predicted octanol–water partition coefficient (Wildman–Crippen LogP) is 1.07. The molecule has 1 atom stereocenters. The van der Waals surface area contributed by atoms with Crippen LogP contribution in [0.2, 0.25) is 0 Å². The van der Waals surface area contributed by atoms with Crippen molar-refractivity contribution in [2.24, 2.45) is 0 Å². The quantitative estimate of drug-likeness (QED) is 0.656. The Morgan fingerprint density at radius 2 is 1.33 bits per heavy atom. The Hall–Kier alpha value is 0.330. The smallest absolute Gasteiger partial charge is 0.0383 e. The van der Waals surface area contributed by atoms with E-state index in [1.165, 1.54) is 18.5 Å². The third-order valence-corrected chi connectivity index (χ3v) is 4.02. The molecule has 4 heteroatoms. The van der Waals surface area contributed by atoms with Crippen molar-refractivity contribution in [1.29, 1.82) is 0 Å². The molecule has 0 radical (unpaired) electrons. The minimum absolute atomic E-state index is 0. The zero-order valence-corrected chi connectivity index (χ0v) is 11.8. The Labute approximate surface area is 80.5 Å². The van der Waals surface area contributed by atoms with Gasteiger partial charge in [-0.2, -0.15) is 0 Å². The maximum Gasteiger partial charge on any atom is 0.0383 e. The Bertz CT molecular complexity index is 83.5. The third-order valence-electron chi connectivity index (χ3n) is 1.34. The van der Waals surface area contributed by atoms with E-state index in [4.69, 9.17) is 9.90 Å². The van der Waals surface area contributed by atoms with Gasteiger partial charge in [0, 0.05) is 5.97 Å². The summed E-state index contributed by atoms with van der Waals surface area (Å²) >= 11 is 0. The molecule has 0 spiro atoms. The van der Waals surface area contributed by atoms with Gasteiger partial charge in [0.25, 0.3) is 0 Å². The molecule has 0 rings (SSSR count). The second-order valence-corrected chi connectivity index (χ2v) is 5.35. The zero-order chi connectivity index (χ0) is 9.28. The van der Waals surface area contributed by atoms with Gasteiger partial charge in [0.2, 0.25) is 0 Å². The van der Waals surface area contributed by atoms with Gasteiger partial charge in [0.05, 0.1) is 0 Å². The monoisotopic (exact) mass is 212 g/mol. The van der Waals surface area contributed by atoms with E-state index in [1.807, 2.05) is 0 Å². The topological polar surface area (TPSA) is 40.1 Å². The fourth-order valence-electron chi connectivity index (χ4n) is 0.671. The first-order valence-corrected chi connectivity index (χ1v) is 5.88.